The van der Waals surface area contributed by atoms with Gasteiger partial charge in [-0.3, -0.25) is 4.90 Å². The predicted octanol–water partition coefficient (Wildman–Crippen LogP) is 2.12. The zero-order valence-electron chi connectivity index (χ0n) is 14.3. The van der Waals surface area contributed by atoms with Crippen LogP contribution >= 0.6 is 0 Å². The number of amides is 4. The molecule has 27 heavy (non-hydrogen) atoms. The molecule has 0 aliphatic carbocycles. The van der Waals surface area contributed by atoms with E-state index in [1.165, 1.54) is 16.0 Å². The van der Waals surface area contributed by atoms with Crippen molar-refractivity contribution in [2.45, 2.75) is 12.8 Å². The summed E-state index contributed by atoms with van der Waals surface area (Å²) in [6, 6.07) is 12.4. The van der Waals surface area contributed by atoms with Crippen molar-refractivity contribution >= 4 is 29.4 Å². The number of nitrogens with zero attached hydrogens (tertiary/aromatic N) is 3. The highest BCUT2D eigenvalue weighted by atomic mass is 16.4. The maximum absolute atomic E-state index is 13.0. The highest BCUT2D eigenvalue weighted by Gasteiger charge is 2.38. The number of hydrogen-bond donors (Lipinski definition) is 3. The van der Waals surface area contributed by atoms with Gasteiger partial charge in [-0.05, 0) is 48.7 Å². The van der Waals surface area contributed by atoms with E-state index in [1.807, 2.05) is 6.07 Å². The summed E-state index contributed by atoms with van der Waals surface area (Å²) in [5.74, 6) is -1.01. The quantitative estimate of drug-likeness (QED) is 0.751. The number of imide groups is 1. The number of anilines is 2. The molecule has 0 bridgehead atoms. The van der Waals surface area contributed by atoms with Crippen LogP contribution in [0.1, 0.15) is 22.3 Å². The largest absolute Gasteiger partial charge is 0.478 e. The average Bonchev–Trinajstić information content (AvgIpc) is 3.08. The number of aromatic carboxylic acids is 1. The lowest BCUT2D eigenvalue weighted by Gasteiger charge is -2.31. The van der Waals surface area contributed by atoms with Gasteiger partial charge in [-0.15, -0.1) is 11.1 Å². The second-order valence-corrected chi connectivity index (χ2v) is 6.20. The van der Waals surface area contributed by atoms with E-state index < -0.39 is 18.0 Å². The Morgan fingerprint density at radius 2 is 1.81 bits per heavy atom. The third-order valence-corrected chi connectivity index (χ3v) is 4.54. The number of carbonyl (C=O) groups is 3. The first-order valence-corrected chi connectivity index (χ1v) is 8.44. The third-order valence-electron chi connectivity index (χ3n) is 4.54. The molecular weight excluding hydrogens is 350 g/mol. The van der Waals surface area contributed by atoms with E-state index >= 15 is 0 Å². The van der Waals surface area contributed by atoms with Crippen LogP contribution in [0.5, 0.6) is 0 Å². The number of aryl methyl sites for hydroxylation is 1. The van der Waals surface area contributed by atoms with Crippen LogP contribution in [0.15, 0.2) is 48.5 Å². The summed E-state index contributed by atoms with van der Waals surface area (Å²) >= 11 is 0. The number of carboxylic acids is 1. The number of benzene rings is 2. The van der Waals surface area contributed by atoms with Gasteiger partial charge in [-0.25, -0.2) is 19.4 Å². The summed E-state index contributed by atoms with van der Waals surface area (Å²) in [6.07, 6.45) is 1.36. The molecule has 0 unspecified atom stereocenters. The van der Waals surface area contributed by atoms with Crippen LogP contribution in [-0.4, -0.2) is 34.7 Å². The number of hydrazine groups is 3. The standard InChI is InChI=1S/C18H17N5O4/c24-16(25)13-8-9-15-12(11-13)5-4-10-21(15)17(26)23-18(27)22(19-20-23)14-6-2-1-3-7-14/h1-3,6-9,11,19-20H,4-5,10H2,(H,24,25). The Bertz CT molecular complexity index is 917. The molecule has 4 rings (SSSR count). The van der Waals surface area contributed by atoms with Crippen LogP contribution in [0.4, 0.5) is 21.0 Å². The summed E-state index contributed by atoms with van der Waals surface area (Å²) in [5.41, 5.74) is 7.42. The lowest BCUT2D eigenvalue weighted by atomic mass is 9.99. The average molecular weight is 367 g/mol. The summed E-state index contributed by atoms with van der Waals surface area (Å²) < 4.78 is 0. The first kappa shape index (κ1) is 17.0. The van der Waals surface area contributed by atoms with Gasteiger partial charge in [-0.1, -0.05) is 18.2 Å². The van der Waals surface area contributed by atoms with Gasteiger partial charge >= 0.3 is 18.0 Å². The number of nitrogens with one attached hydrogen (secondary N) is 2. The van der Waals surface area contributed by atoms with Crippen LogP contribution < -0.4 is 21.0 Å². The molecular formula is C18H17N5O4. The van der Waals surface area contributed by atoms with E-state index in [2.05, 4.69) is 11.1 Å². The number of fused-ring (bicyclic) bond motifs is 1. The molecule has 2 aliphatic rings. The Morgan fingerprint density at radius 1 is 1.04 bits per heavy atom. The number of urea groups is 2. The van der Waals surface area contributed by atoms with E-state index in [0.29, 0.717) is 30.8 Å². The molecule has 2 aromatic rings. The van der Waals surface area contributed by atoms with E-state index in [-0.39, 0.29) is 5.56 Å². The molecule has 0 saturated carbocycles. The van der Waals surface area contributed by atoms with Crippen molar-refractivity contribution in [3.63, 3.8) is 0 Å². The fraction of sp³-hybridized carbons (Fsp3) is 0.167. The van der Waals surface area contributed by atoms with Gasteiger partial charge in [0.25, 0.3) is 0 Å². The second kappa shape index (κ2) is 6.71. The van der Waals surface area contributed by atoms with E-state index in [9.17, 15) is 14.4 Å². The Morgan fingerprint density at radius 3 is 2.56 bits per heavy atom. The van der Waals surface area contributed by atoms with Crippen LogP contribution in [0, 0.1) is 0 Å². The normalized spacial score (nSPS) is 16.4. The lowest BCUT2D eigenvalue weighted by molar-refractivity contribution is 0.0696. The van der Waals surface area contributed by atoms with Crippen LogP contribution in [0.3, 0.4) is 0 Å². The van der Waals surface area contributed by atoms with Gasteiger partial charge in [-0.2, -0.15) is 5.01 Å². The molecule has 1 fully saturated rings. The van der Waals surface area contributed by atoms with E-state index in [1.54, 1.807) is 36.4 Å². The molecule has 2 aliphatic heterocycles. The second-order valence-electron chi connectivity index (χ2n) is 6.20. The highest BCUT2D eigenvalue weighted by Crippen LogP contribution is 2.29. The molecule has 9 nitrogen and oxygen atoms in total. The van der Waals surface area contributed by atoms with Gasteiger partial charge in [0.15, 0.2) is 0 Å². The maximum Gasteiger partial charge on any atom is 0.364 e. The molecule has 0 atom stereocenters. The number of carbonyl (C=O) groups excluding carboxylic acids is 2. The van der Waals surface area contributed by atoms with Crippen molar-refractivity contribution in [2.75, 3.05) is 16.5 Å². The summed E-state index contributed by atoms with van der Waals surface area (Å²) in [7, 11) is 0. The number of para-hydroxylation sites is 1. The van der Waals surface area contributed by atoms with Crippen molar-refractivity contribution in [1.29, 1.82) is 0 Å². The minimum absolute atomic E-state index is 0.176. The van der Waals surface area contributed by atoms with Crippen molar-refractivity contribution in [1.82, 2.24) is 16.1 Å². The van der Waals surface area contributed by atoms with Gasteiger partial charge < -0.3 is 5.11 Å². The van der Waals surface area contributed by atoms with Gasteiger partial charge in [0.2, 0.25) is 0 Å². The van der Waals surface area contributed by atoms with Crippen LogP contribution in [-0.2, 0) is 6.42 Å². The topological polar surface area (TPSA) is 105 Å². The van der Waals surface area contributed by atoms with Crippen molar-refractivity contribution in [3.8, 4) is 0 Å². The van der Waals surface area contributed by atoms with Gasteiger partial charge in [0, 0.05) is 12.2 Å². The van der Waals surface area contributed by atoms with Gasteiger partial charge in [0.1, 0.15) is 0 Å². The molecule has 2 aromatic carbocycles. The van der Waals surface area contributed by atoms with Crippen molar-refractivity contribution in [2.24, 2.45) is 0 Å². The molecule has 0 aromatic heterocycles. The molecule has 3 N–H and O–H groups in total. The first-order chi connectivity index (χ1) is 13.1. The lowest BCUT2D eigenvalue weighted by Crippen LogP contribution is -2.51. The SMILES string of the molecule is O=C(O)c1ccc2c(c1)CCCN2C(=O)N1NNN(c2ccccc2)C1=O. The minimum atomic E-state index is -1.01. The van der Waals surface area contributed by atoms with E-state index in [0.717, 1.165) is 10.6 Å². The number of carboxylic acid groups (broad SMARTS) is 1. The minimum Gasteiger partial charge on any atom is -0.478 e. The molecule has 138 valence electrons. The molecule has 9 heteroatoms. The molecule has 1 saturated heterocycles. The number of hydrogen-bond acceptors (Lipinski definition) is 5. The number of rotatable bonds is 2. The maximum atomic E-state index is 13.0. The van der Waals surface area contributed by atoms with E-state index in [4.69, 9.17) is 5.11 Å². The monoisotopic (exact) mass is 367 g/mol. The smallest absolute Gasteiger partial charge is 0.364 e. The van der Waals surface area contributed by atoms with Gasteiger partial charge in [0.05, 0.1) is 11.3 Å². The molecule has 2 heterocycles. The Balaban J connectivity index is 1.58. The van der Waals surface area contributed by atoms with Crippen LogP contribution in [0.25, 0.3) is 0 Å². The summed E-state index contributed by atoms with van der Waals surface area (Å²) in [5, 5.41) is 11.3. The Labute approximate surface area is 154 Å². The summed E-state index contributed by atoms with van der Waals surface area (Å²) in [6.45, 7) is 0.440. The predicted molar refractivity (Wildman–Crippen MR) is 96.9 cm³/mol. The molecule has 4 amide bonds. The zero-order valence-corrected chi connectivity index (χ0v) is 14.3. The fourth-order valence-corrected chi connectivity index (χ4v) is 3.23. The molecule has 0 radical (unpaired) electrons. The van der Waals surface area contributed by atoms with Crippen LogP contribution in [0.2, 0.25) is 0 Å². The first-order valence-electron chi connectivity index (χ1n) is 8.44. The Kier molecular flexibility index (Phi) is 4.22. The van der Waals surface area contributed by atoms with Crippen molar-refractivity contribution in [3.05, 3.63) is 59.7 Å². The zero-order chi connectivity index (χ0) is 19.0. The highest BCUT2D eigenvalue weighted by molar-refractivity contribution is 6.08. The third kappa shape index (κ3) is 2.98. The summed E-state index contributed by atoms with van der Waals surface area (Å²) in [4.78, 5) is 38.2. The molecule has 0 spiro atoms. The van der Waals surface area contributed by atoms with Crippen molar-refractivity contribution < 1.29 is 19.5 Å². The Hall–Kier alpha value is -3.43. The fourth-order valence-electron chi connectivity index (χ4n) is 3.23.